The Bertz CT molecular complexity index is 1330. The number of aromatic amines is 1. The lowest BCUT2D eigenvalue weighted by Gasteiger charge is -2.29. The van der Waals surface area contributed by atoms with Gasteiger partial charge in [-0.15, -0.1) is 0 Å². The van der Waals surface area contributed by atoms with Gasteiger partial charge >= 0.3 is 0 Å². The molecule has 2 N–H and O–H groups in total. The minimum absolute atomic E-state index is 0.288. The molecular formula is C25H25ClN6O2. The second kappa shape index (κ2) is 8.87. The summed E-state index contributed by atoms with van der Waals surface area (Å²) in [5, 5.41) is 4.12. The average molecular weight is 477 g/mol. The molecule has 2 aliphatic heterocycles. The van der Waals surface area contributed by atoms with Crippen molar-refractivity contribution in [2.75, 3.05) is 49.7 Å². The first-order valence-electron chi connectivity index (χ1n) is 11.5. The van der Waals surface area contributed by atoms with Gasteiger partial charge in [-0.25, -0.2) is 9.97 Å². The third kappa shape index (κ3) is 4.09. The fourth-order valence-corrected chi connectivity index (χ4v) is 4.61. The number of aromatic nitrogens is 4. The van der Waals surface area contributed by atoms with Gasteiger partial charge in [-0.2, -0.15) is 4.98 Å². The van der Waals surface area contributed by atoms with Crippen LogP contribution >= 0.6 is 11.6 Å². The number of anilines is 3. The number of benzene rings is 2. The van der Waals surface area contributed by atoms with Gasteiger partial charge in [0, 0.05) is 41.3 Å². The quantitative estimate of drug-likeness (QED) is 0.432. The number of morpholine rings is 1. The summed E-state index contributed by atoms with van der Waals surface area (Å²) in [6, 6.07) is 13.8. The van der Waals surface area contributed by atoms with Gasteiger partial charge in [0.05, 0.1) is 43.2 Å². The van der Waals surface area contributed by atoms with Crippen molar-refractivity contribution in [1.82, 2.24) is 19.9 Å². The third-order valence-electron chi connectivity index (χ3n) is 6.26. The predicted molar refractivity (Wildman–Crippen MR) is 133 cm³/mol. The van der Waals surface area contributed by atoms with E-state index in [4.69, 9.17) is 36.0 Å². The van der Waals surface area contributed by atoms with E-state index in [9.17, 15) is 0 Å². The molecule has 2 fully saturated rings. The van der Waals surface area contributed by atoms with Gasteiger partial charge in [-0.05, 0) is 42.8 Å². The molecule has 174 valence electrons. The molecule has 2 aliphatic rings. The van der Waals surface area contributed by atoms with Crippen molar-refractivity contribution in [1.29, 1.82) is 0 Å². The smallest absolute Gasteiger partial charge is 0.228 e. The molecule has 0 amide bonds. The Labute approximate surface area is 202 Å². The molecule has 8 nitrogen and oxygen atoms in total. The number of ether oxygens (including phenoxy) is 2. The lowest BCUT2D eigenvalue weighted by Crippen LogP contribution is -2.37. The fraction of sp³-hybridized carbons (Fsp3) is 0.320. The largest absolute Gasteiger partial charge is 0.380 e. The van der Waals surface area contributed by atoms with E-state index in [0.717, 1.165) is 52.7 Å². The average Bonchev–Trinajstić information content (AvgIpc) is 3.21. The molecule has 0 spiro atoms. The van der Waals surface area contributed by atoms with Crippen LogP contribution in [-0.4, -0.2) is 59.5 Å². The maximum atomic E-state index is 6.07. The third-order valence-corrected chi connectivity index (χ3v) is 6.51. The second-order valence-corrected chi connectivity index (χ2v) is 9.09. The summed E-state index contributed by atoms with van der Waals surface area (Å²) in [6.07, 6.45) is 0. The van der Waals surface area contributed by atoms with Gasteiger partial charge < -0.3 is 24.7 Å². The molecule has 0 bridgehead atoms. The zero-order valence-corrected chi connectivity index (χ0v) is 19.6. The van der Waals surface area contributed by atoms with Crippen molar-refractivity contribution < 1.29 is 9.47 Å². The van der Waals surface area contributed by atoms with Gasteiger partial charge in [0.15, 0.2) is 0 Å². The summed E-state index contributed by atoms with van der Waals surface area (Å²) in [5.41, 5.74) is 6.03. The second-order valence-electron chi connectivity index (χ2n) is 8.65. The lowest BCUT2D eigenvalue weighted by atomic mass is 9.90. The maximum Gasteiger partial charge on any atom is 0.228 e. The number of nitrogens with zero attached hydrogens (tertiary/aromatic N) is 4. The van der Waals surface area contributed by atoms with E-state index < -0.39 is 0 Å². The molecule has 0 atom stereocenters. The molecule has 34 heavy (non-hydrogen) atoms. The molecule has 6 rings (SSSR count). The van der Waals surface area contributed by atoms with E-state index in [1.807, 2.05) is 37.3 Å². The van der Waals surface area contributed by atoms with Crippen molar-refractivity contribution in [3.05, 3.63) is 58.9 Å². The number of hydrogen-bond acceptors (Lipinski definition) is 7. The van der Waals surface area contributed by atoms with E-state index in [2.05, 4.69) is 27.3 Å². The van der Waals surface area contributed by atoms with E-state index in [1.165, 1.54) is 5.56 Å². The highest BCUT2D eigenvalue weighted by atomic mass is 35.5. The van der Waals surface area contributed by atoms with Crippen molar-refractivity contribution in [2.24, 2.45) is 0 Å². The Kier molecular flexibility index (Phi) is 5.57. The first-order chi connectivity index (χ1) is 16.6. The number of halogens is 1. The van der Waals surface area contributed by atoms with Crippen LogP contribution in [0.25, 0.3) is 22.3 Å². The summed E-state index contributed by atoms with van der Waals surface area (Å²) in [6.45, 7) is 6.20. The minimum atomic E-state index is 0.288. The van der Waals surface area contributed by atoms with E-state index in [-0.39, 0.29) is 5.92 Å². The highest BCUT2D eigenvalue weighted by molar-refractivity contribution is 6.30. The summed E-state index contributed by atoms with van der Waals surface area (Å²) in [5.74, 6) is 2.60. The minimum Gasteiger partial charge on any atom is -0.380 e. The molecule has 4 heterocycles. The SMILES string of the molecule is Cc1nc2c(C3COC3)c(-c3cc(Nc4ccc(Cl)cc4)nc(N4CCOCC4)n3)ccc2[nH]1. The van der Waals surface area contributed by atoms with Crippen LogP contribution in [0, 0.1) is 6.92 Å². The highest BCUT2D eigenvalue weighted by Crippen LogP contribution is 2.38. The molecule has 0 aliphatic carbocycles. The summed E-state index contributed by atoms with van der Waals surface area (Å²) >= 11 is 6.07. The normalized spacial score (nSPS) is 16.6. The van der Waals surface area contributed by atoms with Crippen LogP contribution in [0.5, 0.6) is 0 Å². The van der Waals surface area contributed by atoms with E-state index >= 15 is 0 Å². The number of aryl methyl sites for hydroxylation is 1. The molecule has 9 heteroatoms. The molecule has 4 aromatic rings. The molecular weight excluding hydrogens is 452 g/mol. The fourth-order valence-electron chi connectivity index (χ4n) is 4.48. The molecule has 0 radical (unpaired) electrons. The Morgan fingerprint density at radius 1 is 1.00 bits per heavy atom. The number of fused-ring (bicyclic) bond motifs is 1. The molecule has 0 saturated carbocycles. The monoisotopic (exact) mass is 476 g/mol. The number of H-pyrrole nitrogens is 1. The summed E-state index contributed by atoms with van der Waals surface area (Å²) in [4.78, 5) is 20.2. The van der Waals surface area contributed by atoms with Gasteiger partial charge in [0.1, 0.15) is 11.6 Å². The zero-order chi connectivity index (χ0) is 23.1. The Morgan fingerprint density at radius 2 is 1.79 bits per heavy atom. The first kappa shape index (κ1) is 21.3. The Balaban J connectivity index is 1.48. The van der Waals surface area contributed by atoms with Gasteiger partial charge in [0.25, 0.3) is 0 Å². The van der Waals surface area contributed by atoms with Gasteiger partial charge in [-0.3, -0.25) is 0 Å². The van der Waals surface area contributed by atoms with Crippen LogP contribution in [0.3, 0.4) is 0 Å². The number of imidazole rings is 1. The van der Waals surface area contributed by atoms with Crippen LogP contribution < -0.4 is 10.2 Å². The zero-order valence-electron chi connectivity index (χ0n) is 18.8. The summed E-state index contributed by atoms with van der Waals surface area (Å²) < 4.78 is 11.1. The topological polar surface area (TPSA) is 88.2 Å². The number of nitrogens with one attached hydrogen (secondary N) is 2. The maximum absolute atomic E-state index is 6.07. The molecule has 2 aromatic heterocycles. The van der Waals surface area contributed by atoms with Crippen LogP contribution in [0.1, 0.15) is 17.3 Å². The van der Waals surface area contributed by atoms with E-state index in [0.29, 0.717) is 37.4 Å². The van der Waals surface area contributed by atoms with Gasteiger partial charge in [0.2, 0.25) is 5.95 Å². The van der Waals surface area contributed by atoms with Crippen LogP contribution in [0.2, 0.25) is 5.02 Å². The Morgan fingerprint density at radius 3 is 2.53 bits per heavy atom. The van der Waals surface area contributed by atoms with Crippen molar-refractivity contribution in [2.45, 2.75) is 12.8 Å². The van der Waals surface area contributed by atoms with Crippen LogP contribution in [-0.2, 0) is 9.47 Å². The number of hydrogen-bond donors (Lipinski definition) is 2. The lowest BCUT2D eigenvalue weighted by molar-refractivity contribution is 0.00914. The van der Waals surface area contributed by atoms with Crippen molar-refractivity contribution in [3.8, 4) is 11.3 Å². The van der Waals surface area contributed by atoms with Crippen LogP contribution in [0.4, 0.5) is 17.5 Å². The van der Waals surface area contributed by atoms with E-state index in [1.54, 1.807) is 0 Å². The van der Waals surface area contributed by atoms with Gasteiger partial charge in [-0.1, -0.05) is 17.7 Å². The summed E-state index contributed by atoms with van der Waals surface area (Å²) in [7, 11) is 0. The van der Waals surface area contributed by atoms with Crippen molar-refractivity contribution >= 4 is 40.1 Å². The van der Waals surface area contributed by atoms with Crippen molar-refractivity contribution in [3.63, 3.8) is 0 Å². The molecule has 0 unspecified atom stereocenters. The first-order valence-corrected chi connectivity index (χ1v) is 11.8. The Hall–Kier alpha value is -3.20. The van der Waals surface area contributed by atoms with Crippen LogP contribution in [0.15, 0.2) is 42.5 Å². The standard InChI is InChI=1S/C25H25ClN6O2/c1-15-27-20-7-6-19(23(24(20)28-15)16-13-34-14-16)21-12-22(29-18-4-2-17(26)3-5-18)31-25(30-21)32-8-10-33-11-9-32/h2-7,12,16H,8-11,13-14H2,1H3,(H,27,28)(H,29,30,31). The highest BCUT2D eigenvalue weighted by Gasteiger charge is 2.28. The molecule has 2 aromatic carbocycles. The number of rotatable bonds is 5. The molecule has 2 saturated heterocycles. The predicted octanol–water partition coefficient (Wildman–Crippen LogP) is 4.68.